The Morgan fingerprint density at radius 1 is 1.33 bits per heavy atom. The van der Waals surface area contributed by atoms with Gasteiger partial charge in [0, 0.05) is 8.95 Å². The molecule has 0 fully saturated rings. The number of likely N-dealkylation sites (N-methyl/N-ethyl adjacent to an activating group) is 1. The Morgan fingerprint density at radius 3 is 2.29 bits per heavy atom. The third-order valence-electron chi connectivity index (χ3n) is 3.05. The Morgan fingerprint density at radius 2 is 1.86 bits per heavy atom. The van der Waals surface area contributed by atoms with Gasteiger partial charge < -0.3 is 10.4 Å². The molecule has 1 unspecified atom stereocenters. The lowest BCUT2D eigenvalue weighted by Gasteiger charge is -2.23. The molecule has 0 aromatic heterocycles. The van der Waals surface area contributed by atoms with Gasteiger partial charge in [0.05, 0.1) is 12.2 Å². The number of carbonyl (C=O) groups is 2. The van der Waals surface area contributed by atoms with Gasteiger partial charge in [-0.1, -0.05) is 6.92 Å². The zero-order chi connectivity index (χ0) is 16.2. The summed E-state index contributed by atoms with van der Waals surface area (Å²) in [5, 5.41) is 11.9. The number of carboxylic acid groups (broad SMARTS) is 1. The number of anilines is 1. The Kier molecular flexibility index (Phi) is 6.83. The topological polar surface area (TPSA) is 69.6 Å². The summed E-state index contributed by atoms with van der Waals surface area (Å²) in [6.45, 7) is 3.74. The second kappa shape index (κ2) is 7.91. The van der Waals surface area contributed by atoms with Crippen LogP contribution in [0.5, 0.6) is 0 Å². The molecule has 0 saturated heterocycles. The highest BCUT2D eigenvalue weighted by Crippen LogP contribution is 2.32. The van der Waals surface area contributed by atoms with Crippen molar-refractivity contribution in [2.45, 2.75) is 26.3 Å². The van der Waals surface area contributed by atoms with Gasteiger partial charge in [-0.2, -0.15) is 0 Å². The van der Waals surface area contributed by atoms with Gasteiger partial charge in [0.15, 0.2) is 0 Å². The van der Waals surface area contributed by atoms with E-state index in [-0.39, 0.29) is 12.5 Å². The summed E-state index contributed by atoms with van der Waals surface area (Å²) >= 11 is 6.81. The monoisotopic (exact) mass is 420 g/mol. The highest BCUT2D eigenvalue weighted by atomic mass is 79.9. The summed E-state index contributed by atoms with van der Waals surface area (Å²) in [6, 6.07) is 3.13. The number of rotatable bonds is 6. The number of aliphatic carboxylic acids is 1. The molecule has 1 aromatic carbocycles. The maximum absolute atomic E-state index is 12.1. The largest absolute Gasteiger partial charge is 0.480 e. The van der Waals surface area contributed by atoms with Crippen LogP contribution in [-0.2, 0) is 9.59 Å². The van der Waals surface area contributed by atoms with E-state index in [1.165, 1.54) is 4.90 Å². The number of amides is 1. The van der Waals surface area contributed by atoms with Crippen molar-refractivity contribution in [1.82, 2.24) is 4.90 Å². The average Bonchev–Trinajstić information content (AvgIpc) is 2.33. The SMILES string of the molecule is CCC(C(=O)O)N(C)CC(=O)Nc1c(Br)cc(C)cc1Br. The lowest BCUT2D eigenvalue weighted by atomic mass is 10.2. The van der Waals surface area contributed by atoms with Crippen molar-refractivity contribution in [3.8, 4) is 0 Å². The number of nitrogens with one attached hydrogen (secondary N) is 1. The molecule has 0 aliphatic heterocycles. The Labute approximate surface area is 141 Å². The number of carbonyl (C=O) groups excluding carboxylic acids is 1. The fraction of sp³-hybridized carbons (Fsp3) is 0.429. The Bertz CT molecular complexity index is 526. The maximum Gasteiger partial charge on any atom is 0.320 e. The molecule has 7 heteroatoms. The van der Waals surface area contributed by atoms with Crippen molar-refractivity contribution >= 4 is 49.4 Å². The molecule has 2 N–H and O–H groups in total. The van der Waals surface area contributed by atoms with Crippen LogP contribution in [-0.4, -0.2) is 41.5 Å². The van der Waals surface area contributed by atoms with E-state index in [1.807, 2.05) is 19.1 Å². The van der Waals surface area contributed by atoms with Gasteiger partial charge in [-0.15, -0.1) is 0 Å². The molecule has 0 radical (unpaired) electrons. The first-order valence-electron chi connectivity index (χ1n) is 6.44. The predicted octanol–water partition coefficient (Wildman–Crippen LogP) is 3.25. The highest BCUT2D eigenvalue weighted by molar-refractivity contribution is 9.11. The molecule has 0 aliphatic rings. The van der Waals surface area contributed by atoms with Gasteiger partial charge in [-0.25, -0.2) is 0 Å². The van der Waals surface area contributed by atoms with Gasteiger partial charge in [0.1, 0.15) is 6.04 Å². The number of halogens is 2. The van der Waals surface area contributed by atoms with Crippen LogP contribution in [0.3, 0.4) is 0 Å². The number of hydrogen-bond donors (Lipinski definition) is 2. The summed E-state index contributed by atoms with van der Waals surface area (Å²) in [5.74, 6) is -1.19. The molecular weight excluding hydrogens is 404 g/mol. The van der Waals surface area contributed by atoms with E-state index in [2.05, 4.69) is 37.2 Å². The molecule has 1 amide bonds. The van der Waals surface area contributed by atoms with Crippen molar-refractivity contribution in [1.29, 1.82) is 0 Å². The summed E-state index contributed by atoms with van der Waals surface area (Å²) in [6.07, 6.45) is 0.442. The first-order valence-corrected chi connectivity index (χ1v) is 8.03. The van der Waals surface area contributed by atoms with Gasteiger partial charge >= 0.3 is 5.97 Å². The predicted molar refractivity (Wildman–Crippen MR) is 89.6 cm³/mol. The zero-order valence-corrected chi connectivity index (χ0v) is 15.3. The lowest BCUT2D eigenvalue weighted by Crippen LogP contribution is -2.42. The highest BCUT2D eigenvalue weighted by Gasteiger charge is 2.22. The number of hydrogen-bond acceptors (Lipinski definition) is 3. The summed E-state index contributed by atoms with van der Waals surface area (Å²) in [7, 11) is 1.63. The van der Waals surface area contributed by atoms with E-state index in [9.17, 15) is 9.59 Å². The van der Waals surface area contributed by atoms with Crippen molar-refractivity contribution < 1.29 is 14.7 Å². The minimum absolute atomic E-state index is 0.0115. The molecule has 21 heavy (non-hydrogen) atoms. The van der Waals surface area contributed by atoms with Gasteiger partial charge in [-0.3, -0.25) is 14.5 Å². The van der Waals surface area contributed by atoms with E-state index in [0.717, 1.165) is 14.5 Å². The number of benzene rings is 1. The normalized spacial score (nSPS) is 12.3. The van der Waals surface area contributed by atoms with Crippen LogP contribution in [0.4, 0.5) is 5.69 Å². The minimum atomic E-state index is -0.925. The molecule has 116 valence electrons. The smallest absolute Gasteiger partial charge is 0.320 e. The third kappa shape index (κ3) is 5.09. The standard InChI is InChI=1S/C14H18Br2N2O3/c1-4-11(14(20)21)18(3)7-12(19)17-13-9(15)5-8(2)6-10(13)16/h5-6,11H,4,7H2,1-3H3,(H,17,19)(H,20,21). The van der Waals surface area contributed by atoms with E-state index >= 15 is 0 Å². The van der Waals surface area contributed by atoms with Crippen molar-refractivity contribution in [2.75, 3.05) is 18.9 Å². The number of carboxylic acids is 1. The molecule has 1 rings (SSSR count). The Balaban J connectivity index is 2.77. The van der Waals surface area contributed by atoms with Crippen LogP contribution >= 0.6 is 31.9 Å². The van der Waals surface area contributed by atoms with Crippen LogP contribution in [0.2, 0.25) is 0 Å². The lowest BCUT2D eigenvalue weighted by molar-refractivity contribution is -0.143. The molecule has 0 spiro atoms. The molecular formula is C14H18Br2N2O3. The second-order valence-electron chi connectivity index (χ2n) is 4.83. The molecule has 0 heterocycles. The van der Waals surface area contributed by atoms with Gasteiger partial charge in [0.25, 0.3) is 0 Å². The molecule has 0 aliphatic carbocycles. The first kappa shape index (κ1) is 18.1. The van der Waals surface area contributed by atoms with E-state index in [4.69, 9.17) is 5.11 Å². The van der Waals surface area contributed by atoms with Gasteiger partial charge in [0.2, 0.25) is 5.91 Å². The van der Waals surface area contributed by atoms with Crippen LogP contribution in [0.25, 0.3) is 0 Å². The third-order valence-corrected chi connectivity index (χ3v) is 4.30. The zero-order valence-electron chi connectivity index (χ0n) is 12.1. The van der Waals surface area contributed by atoms with E-state index in [1.54, 1.807) is 14.0 Å². The summed E-state index contributed by atoms with van der Waals surface area (Å²) in [4.78, 5) is 24.7. The maximum atomic E-state index is 12.1. The number of aryl methyl sites for hydroxylation is 1. The Hall–Kier alpha value is -0.920. The van der Waals surface area contributed by atoms with Crippen LogP contribution in [0.15, 0.2) is 21.1 Å². The molecule has 1 atom stereocenters. The van der Waals surface area contributed by atoms with Crippen molar-refractivity contribution in [3.63, 3.8) is 0 Å². The molecule has 5 nitrogen and oxygen atoms in total. The molecule has 0 bridgehead atoms. The van der Waals surface area contributed by atoms with Crippen LogP contribution in [0.1, 0.15) is 18.9 Å². The fourth-order valence-corrected chi connectivity index (χ4v) is 3.62. The molecule has 0 saturated carbocycles. The summed E-state index contributed by atoms with van der Waals surface area (Å²) in [5.41, 5.74) is 1.70. The average molecular weight is 422 g/mol. The minimum Gasteiger partial charge on any atom is -0.480 e. The van der Waals surface area contributed by atoms with E-state index < -0.39 is 12.0 Å². The fourth-order valence-electron chi connectivity index (χ4n) is 2.01. The van der Waals surface area contributed by atoms with Crippen molar-refractivity contribution in [2.24, 2.45) is 0 Å². The van der Waals surface area contributed by atoms with Crippen LogP contribution < -0.4 is 5.32 Å². The van der Waals surface area contributed by atoms with Crippen molar-refractivity contribution in [3.05, 3.63) is 26.6 Å². The first-order chi connectivity index (χ1) is 9.76. The van der Waals surface area contributed by atoms with E-state index in [0.29, 0.717) is 12.1 Å². The number of nitrogens with zero attached hydrogens (tertiary/aromatic N) is 1. The summed E-state index contributed by atoms with van der Waals surface area (Å²) < 4.78 is 1.55. The second-order valence-corrected chi connectivity index (χ2v) is 6.54. The van der Waals surface area contributed by atoms with Crippen LogP contribution in [0, 0.1) is 6.92 Å². The molecule has 1 aromatic rings. The quantitative estimate of drug-likeness (QED) is 0.739. The van der Waals surface area contributed by atoms with Gasteiger partial charge in [-0.05, 0) is 69.9 Å².